The van der Waals surface area contributed by atoms with Gasteiger partial charge in [-0.2, -0.15) is 0 Å². The number of hydrogen-bond donors (Lipinski definition) is 1. The molecule has 0 spiro atoms. The largest absolute Gasteiger partial charge is 0.377 e. The second-order valence-electron chi connectivity index (χ2n) is 4.66. The van der Waals surface area contributed by atoms with E-state index in [1.165, 1.54) is 41.5 Å². The number of hydrogen-bond acceptors (Lipinski definition) is 2. The van der Waals surface area contributed by atoms with E-state index in [-0.39, 0.29) is 12.4 Å². The molecule has 4 heteroatoms. The van der Waals surface area contributed by atoms with Gasteiger partial charge in [-0.05, 0) is 78.6 Å². The lowest BCUT2D eigenvalue weighted by Gasteiger charge is -2.22. The van der Waals surface area contributed by atoms with Crippen LogP contribution in [0.25, 0.3) is 0 Å². The maximum atomic E-state index is 5.74. The highest BCUT2D eigenvalue weighted by atomic mass is 127. The van der Waals surface area contributed by atoms with Crippen molar-refractivity contribution in [2.45, 2.75) is 25.9 Å². The van der Waals surface area contributed by atoms with Gasteiger partial charge in [-0.3, -0.25) is 0 Å². The highest BCUT2D eigenvalue weighted by Crippen LogP contribution is 2.16. The summed E-state index contributed by atoms with van der Waals surface area (Å²) in [7, 11) is 0. The zero-order chi connectivity index (χ0) is 11.9. The van der Waals surface area contributed by atoms with E-state index in [0.29, 0.717) is 0 Å². The van der Waals surface area contributed by atoms with Crippen molar-refractivity contribution >= 4 is 35.0 Å². The van der Waals surface area contributed by atoms with Crippen LogP contribution in [0.5, 0.6) is 0 Å². The van der Waals surface area contributed by atoms with Crippen molar-refractivity contribution in [3.05, 3.63) is 33.4 Å². The lowest BCUT2D eigenvalue weighted by Crippen LogP contribution is -2.28. The monoisotopic (exact) mass is 381 g/mol. The Morgan fingerprint density at radius 1 is 1.17 bits per heavy atom. The highest BCUT2D eigenvalue weighted by Gasteiger charge is 2.12. The molecule has 2 rings (SSSR count). The summed E-state index contributed by atoms with van der Waals surface area (Å²) in [6.45, 7) is 4.02. The molecule has 2 nitrogen and oxygen atoms in total. The Kier molecular flexibility index (Phi) is 8.22. The van der Waals surface area contributed by atoms with Crippen molar-refractivity contribution in [3.8, 4) is 0 Å². The molecule has 1 aliphatic heterocycles. The van der Waals surface area contributed by atoms with Crippen LogP contribution in [-0.2, 0) is 11.3 Å². The minimum atomic E-state index is 0. The molecular weight excluding hydrogens is 361 g/mol. The molecule has 0 bridgehead atoms. The molecule has 0 unspecified atom stereocenters. The van der Waals surface area contributed by atoms with Crippen LogP contribution >= 0.6 is 35.0 Å². The molecule has 1 aromatic carbocycles. The van der Waals surface area contributed by atoms with Crippen molar-refractivity contribution in [3.63, 3.8) is 0 Å². The topological polar surface area (TPSA) is 21.3 Å². The standard InChI is InChI=1S/C14H20INO.ClH/c15-14-3-1-13(2-4-14)11-17-10-7-12-5-8-16-9-6-12;/h1-4,12,16H,5-11H2;1H. The minimum Gasteiger partial charge on any atom is -0.377 e. The summed E-state index contributed by atoms with van der Waals surface area (Å²) in [5.41, 5.74) is 1.27. The van der Waals surface area contributed by atoms with E-state index in [1.54, 1.807) is 0 Å². The highest BCUT2D eigenvalue weighted by molar-refractivity contribution is 14.1. The predicted octanol–water partition coefficient (Wildman–Crippen LogP) is 3.62. The van der Waals surface area contributed by atoms with Crippen molar-refractivity contribution in [2.75, 3.05) is 19.7 Å². The SMILES string of the molecule is Cl.Ic1ccc(COCCC2CCNCC2)cc1. The normalized spacial score (nSPS) is 16.3. The van der Waals surface area contributed by atoms with Crippen molar-refractivity contribution in [1.29, 1.82) is 0 Å². The van der Waals surface area contributed by atoms with Gasteiger partial charge < -0.3 is 10.1 Å². The predicted molar refractivity (Wildman–Crippen MR) is 86.3 cm³/mol. The van der Waals surface area contributed by atoms with Gasteiger partial charge in [0.2, 0.25) is 0 Å². The first-order valence-electron chi connectivity index (χ1n) is 6.37. The molecule has 18 heavy (non-hydrogen) atoms. The summed E-state index contributed by atoms with van der Waals surface area (Å²) in [6, 6.07) is 8.55. The van der Waals surface area contributed by atoms with Crippen molar-refractivity contribution in [2.24, 2.45) is 5.92 Å². The quantitative estimate of drug-likeness (QED) is 0.621. The third kappa shape index (κ3) is 5.87. The lowest BCUT2D eigenvalue weighted by molar-refractivity contribution is 0.103. The lowest BCUT2D eigenvalue weighted by atomic mass is 9.95. The van der Waals surface area contributed by atoms with Gasteiger partial charge in [-0.1, -0.05) is 12.1 Å². The molecule has 102 valence electrons. The smallest absolute Gasteiger partial charge is 0.0716 e. The fourth-order valence-corrected chi connectivity index (χ4v) is 2.55. The molecule has 0 saturated carbocycles. The van der Waals surface area contributed by atoms with Crippen LogP contribution in [0.1, 0.15) is 24.8 Å². The summed E-state index contributed by atoms with van der Waals surface area (Å²) in [6.07, 6.45) is 3.84. The van der Waals surface area contributed by atoms with Crippen LogP contribution in [0, 0.1) is 9.49 Å². The van der Waals surface area contributed by atoms with Gasteiger partial charge in [-0.15, -0.1) is 12.4 Å². The van der Waals surface area contributed by atoms with Gasteiger partial charge in [0.15, 0.2) is 0 Å². The third-order valence-corrected chi connectivity index (χ3v) is 4.03. The second-order valence-corrected chi connectivity index (χ2v) is 5.91. The van der Waals surface area contributed by atoms with E-state index in [4.69, 9.17) is 4.74 Å². The average molecular weight is 382 g/mol. The van der Waals surface area contributed by atoms with Crippen LogP contribution < -0.4 is 5.32 Å². The molecule has 0 aromatic heterocycles. The molecular formula is C14H21ClINO. The number of ether oxygens (including phenoxy) is 1. The second kappa shape index (κ2) is 9.13. The summed E-state index contributed by atoms with van der Waals surface area (Å²) in [4.78, 5) is 0. The van der Waals surface area contributed by atoms with Crippen LogP contribution in [0.4, 0.5) is 0 Å². The number of nitrogens with one attached hydrogen (secondary N) is 1. The molecule has 1 N–H and O–H groups in total. The maximum absolute atomic E-state index is 5.74. The van der Waals surface area contributed by atoms with Crippen molar-refractivity contribution < 1.29 is 4.74 Å². The zero-order valence-electron chi connectivity index (χ0n) is 10.5. The van der Waals surface area contributed by atoms with Crippen LogP contribution in [0.2, 0.25) is 0 Å². The number of benzene rings is 1. The molecule has 0 atom stereocenters. The molecule has 1 aromatic rings. The Balaban J connectivity index is 0.00000162. The van der Waals surface area contributed by atoms with E-state index in [9.17, 15) is 0 Å². The fraction of sp³-hybridized carbons (Fsp3) is 0.571. The zero-order valence-corrected chi connectivity index (χ0v) is 13.5. The Hall–Kier alpha value is 0.160. The number of piperidine rings is 1. The average Bonchev–Trinajstić information content (AvgIpc) is 2.38. The van der Waals surface area contributed by atoms with Gasteiger partial charge in [-0.25, -0.2) is 0 Å². The molecule has 0 aliphatic carbocycles. The Morgan fingerprint density at radius 3 is 2.50 bits per heavy atom. The van der Waals surface area contributed by atoms with E-state index in [1.807, 2.05) is 0 Å². The van der Waals surface area contributed by atoms with Gasteiger partial charge in [0.25, 0.3) is 0 Å². The summed E-state index contributed by atoms with van der Waals surface area (Å²) in [5.74, 6) is 0.868. The molecule has 1 heterocycles. The summed E-state index contributed by atoms with van der Waals surface area (Å²) >= 11 is 2.32. The number of halogens is 2. The molecule has 1 fully saturated rings. The Bertz CT molecular complexity index is 325. The van der Waals surface area contributed by atoms with E-state index in [0.717, 1.165) is 19.1 Å². The third-order valence-electron chi connectivity index (χ3n) is 3.31. The Labute approximate surface area is 129 Å². The van der Waals surface area contributed by atoms with Crippen LogP contribution in [0.15, 0.2) is 24.3 Å². The minimum absolute atomic E-state index is 0. The van der Waals surface area contributed by atoms with E-state index >= 15 is 0 Å². The van der Waals surface area contributed by atoms with Gasteiger partial charge in [0, 0.05) is 10.2 Å². The molecule has 1 saturated heterocycles. The van der Waals surface area contributed by atoms with Gasteiger partial charge in [0.05, 0.1) is 6.61 Å². The van der Waals surface area contributed by atoms with E-state index < -0.39 is 0 Å². The van der Waals surface area contributed by atoms with Crippen molar-refractivity contribution in [1.82, 2.24) is 5.32 Å². The van der Waals surface area contributed by atoms with Crippen LogP contribution in [-0.4, -0.2) is 19.7 Å². The molecule has 0 amide bonds. The van der Waals surface area contributed by atoms with Gasteiger partial charge in [0.1, 0.15) is 0 Å². The van der Waals surface area contributed by atoms with Crippen LogP contribution in [0.3, 0.4) is 0 Å². The maximum Gasteiger partial charge on any atom is 0.0716 e. The number of rotatable bonds is 5. The molecule has 0 radical (unpaired) electrons. The Morgan fingerprint density at radius 2 is 1.83 bits per heavy atom. The molecule has 1 aliphatic rings. The van der Waals surface area contributed by atoms with E-state index in [2.05, 4.69) is 52.2 Å². The summed E-state index contributed by atoms with van der Waals surface area (Å²) in [5, 5.41) is 3.39. The van der Waals surface area contributed by atoms with Gasteiger partial charge >= 0.3 is 0 Å². The summed E-state index contributed by atoms with van der Waals surface area (Å²) < 4.78 is 7.02. The first-order valence-corrected chi connectivity index (χ1v) is 7.45. The first-order chi connectivity index (χ1) is 8.34. The fourth-order valence-electron chi connectivity index (χ4n) is 2.19. The first kappa shape index (κ1) is 16.2.